The summed E-state index contributed by atoms with van der Waals surface area (Å²) >= 11 is 1.87. The van der Waals surface area contributed by atoms with Gasteiger partial charge in [-0.05, 0) is 36.8 Å². The zero-order valence-electron chi connectivity index (χ0n) is 12.0. The molecule has 20 heavy (non-hydrogen) atoms. The highest BCUT2D eigenvalue weighted by Crippen LogP contribution is 2.28. The molecule has 4 nitrogen and oxygen atoms in total. The van der Waals surface area contributed by atoms with E-state index in [-0.39, 0.29) is 0 Å². The van der Waals surface area contributed by atoms with Gasteiger partial charge in [0.15, 0.2) is 0 Å². The standard InChI is InChI=1S/C15H20N4S/c1-3-6-16-15-17-9-11(2)14(18-15)19-7-4-13-12(10-19)5-8-20-13/h5,8-9H,3-4,6-7,10H2,1-2H3,(H,16,17,18). The monoisotopic (exact) mass is 288 g/mol. The molecule has 106 valence electrons. The van der Waals surface area contributed by atoms with Gasteiger partial charge in [0.1, 0.15) is 5.82 Å². The lowest BCUT2D eigenvalue weighted by molar-refractivity contribution is 0.727. The smallest absolute Gasteiger partial charge is 0.224 e. The van der Waals surface area contributed by atoms with Crippen LogP contribution < -0.4 is 10.2 Å². The number of thiophene rings is 1. The van der Waals surface area contributed by atoms with Gasteiger partial charge in [-0.3, -0.25) is 0 Å². The largest absolute Gasteiger partial charge is 0.354 e. The van der Waals surface area contributed by atoms with Crippen LogP contribution in [0.5, 0.6) is 0 Å². The summed E-state index contributed by atoms with van der Waals surface area (Å²) in [6.45, 7) is 7.15. The number of anilines is 2. The maximum absolute atomic E-state index is 4.70. The van der Waals surface area contributed by atoms with Gasteiger partial charge < -0.3 is 10.2 Å². The van der Waals surface area contributed by atoms with Gasteiger partial charge in [0.2, 0.25) is 5.95 Å². The van der Waals surface area contributed by atoms with Gasteiger partial charge in [-0.15, -0.1) is 11.3 Å². The predicted molar refractivity (Wildman–Crippen MR) is 84.6 cm³/mol. The normalized spacial score (nSPS) is 14.2. The van der Waals surface area contributed by atoms with E-state index in [1.165, 1.54) is 10.4 Å². The zero-order chi connectivity index (χ0) is 13.9. The first-order valence-corrected chi connectivity index (χ1v) is 8.03. The Morgan fingerprint density at radius 3 is 3.20 bits per heavy atom. The van der Waals surface area contributed by atoms with E-state index in [1.54, 1.807) is 0 Å². The number of rotatable bonds is 4. The zero-order valence-corrected chi connectivity index (χ0v) is 12.8. The van der Waals surface area contributed by atoms with E-state index in [9.17, 15) is 0 Å². The number of fused-ring (bicyclic) bond motifs is 1. The first kappa shape index (κ1) is 13.4. The minimum atomic E-state index is 0.739. The molecule has 1 aliphatic rings. The number of aryl methyl sites for hydroxylation is 1. The Hall–Kier alpha value is -1.62. The van der Waals surface area contributed by atoms with Gasteiger partial charge in [-0.1, -0.05) is 6.92 Å². The molecule has 1 N–H and O–H groups in total. The highest BCUT2D eigenvalue weighted by atomic mass is 32.1. The summed E-state index contributed by atoms with van der Waals surface area (Å²) in [5.41, 5.74) is 2.59. The fourth-order valence-electron chi connectivity index (χ4n) is 2.50. The van der Waals surface area contributed by atoms with E-state index in [4.69, 9.17) is 4.98 Å². The van der Waals surface area contributed by atoms with Crippen LogP contribution in [0.3, 0.4) is 0 Å². The van der Waals surface area contributed by atoms with Crippen LogP contribution in [0.15, 0.2) is 17.6 Å². The summed E-state index contributed by atoms with van der Waals surface area (Å²) in [4.78, 5) is 12.9. The Morgan fingerprint density at radius 1 is 1.45 bits per heavy atom. The summed E-state index contributed by atoms with van der Waals surface area (Å²) in [5.74, 6) is 1.80. The van der Waals surface area contributed by atoms with Gasteiger partial charge in [-0.25, -0.2) is 4.98 Å². The molecule has 0 saturated carbocycles. The van der Waals surface area contributed by atoms with Crippen molar-refractivity contribution in [3.63, 3.8) is 0 Å². The Kier molecular flexibility index (Phi) is 3.87. The SMILES string of the molecule is CCCNc1ncc(C)c(N2CCc3sccc3C2)n1. The Bertz CT molecular complexity index is 593. The highest BCUT2D eigenvalue weighted by Gasteiger charge is 2.20. The van der Waals surface area contributed by atoms with Gasteiger partial charge >= 0.3 is 0 Å². The molecule has 0 radical (unpaired) electrons. The van der Waals surface area contributed by atoms with Crippen molar-refractivity contribution in [1.29, 1.82) is 0 Å². The van der Waals surface area contributed by atoms with Gasteiger partial charge in [0, 0.05) is 36.3 Å². The van der Waals surface area contributed by atoms with Crippen molar-refractivity contribution in [2.24, 2.45) is 0 Å². The molecule has 0 fully saturated rings. The molecule has 0 aliphatic carbocycles. The van der Waals surface area contributed by atoms with Crippen LogP contribution in [0.2, 0.25) is 0 Å². The molecule has 0 atom stereocenters. The second-order valence-corrected chi connectivity index (χ2v) is 6.17. The van der Waals surface area contributed by atoms with Crippen molar-refractivity contribution in [2.45, 2.75) is 33.2 Å². The van der Waals surface area contributed by atoms with Crippen LogP contribution in [-0.2, 0) is 13.0 Å². The first-order chi connectivity index (χ1) is 9.78. The molecular formula is C15H20N4S. The van der Waals surface area contributed by atoms with Crippen LogP contribution in [0.4, 0.5) is 11.8 Å². The average molecular weight is 288 g/mol. The third-order valence-corrected chi connectivity index (χ3v) is 4.61. The highest BCUT2D eigenvalue weighted by molar-refractivity contribution is 7.10. The van der Waals surface area contributed by atoms with Crippen molar-refractivity contribution < 1.29 is 0 Å². The molecular weight excluding hydrogens is 268 g/mol. The molecule has 5 heteroatoms. The molecule has 0 bridgehead atoms. The van der Waals surface area contributed by atoms with E-state index in [0.29, 0.717) is 0 Å². The first-order valence-electron chi connectivity index (χ1n) is 7.15. The van der Waals surface area contributed by atoms with Crippen LogP contribution in [0.25, 0.3) is 0 Å². The third kappa shape index (κ3) is 2.63. The van der Waals surface area contributed by atoms with E-state index >= 15 is 0 Å². The van der Waals surface area contributed by atoms with Crippen molar-refractivity contribution in [3.8, 4) is 0 Å². The molecule has 0 amide bonds. The number of aromatic nitrogens is 2. The number of nitrogens with one attached hydrogen (secondary N) is 1. The quantitative estimate of drug-likeness (QED) is 0.938. The molecule has 0 spiro atoms. The maximum atomic E-state index is 4.70. The number of hydrogen-bond donors (Lipinski definition) is 1. The Morgan fingerprint density at radius 2 is 2.35 bits per heavy atom. The fraction of sp³-hybridized carbons (Fsp3) is 0.467. The lowest BCUT2D eigenvalue weighted by atomic mass is 10.1. The van der Waals surface area contributed by atoms with E-state index in [0.717, 1.165) is 49.8 Å². The van der Waals surface area contributed by atoms with Crippen LogP contribution in [0.1, 0.15) is 29.3 Å². The lowest BCUT2D eigenvalue weighted by Crippen LogP contribution is -2.31. The molecule has 0 saturated heterocycles. The van der Waals surface area contributed by atoms with Crippen molar-refractivity contribution in [1.82, 2.24) is 9.97 Å². The summed E-state index contributed by atoms with van der Waals surface area (Å²) in [6.07, 6.45) is 4.12. The molecule has 3 rings (SSSR count). The van der Waals surface area contributed by atoms with Gasteiger partial charge in [-0.2, -0.15) is 4.98 Å². The van der Waals surface area contributed by atoms with Gasteiger partial charge in [0.25, 0.3) is 0 Å². The minimum Gasteiger partial charge on any atom is -0.354 e. The topological polar surface area (TPSA) is 41.1 Å². The predicted octanol–water partition coefficient (Wildman–Crippen LogP) is 3.23. The number of nitrogens with zero attached hydrogens (tertiary/aromatic N) is 3. The third-order valence-electron chi connectivity index (χ3n) is 3.59. The molecule has 2 aromatic heterocycles. The van der Waals surface area contributed by atoms with E-state index < -0.39 is 0 Å². The molecule has 0 unspecified atom stereocenters. The fourth-order valence-corrected chi connectivity index (χ4v) is 3.39. The van der Waals surface area contributed by atoms with E-state index in [2.05, 4.69) is 40.5 Å². The summed E-state index contributed by atoms with van der Waals surface area (Å²) in [6, 6.07) is 2.24. The van der Waals surface area contributed by atoms with Crippen molar-refractivity contribution in [2.75, 3.05) is 23.3 Å². The summed E-state index contributed by atoms with van der Waals surface area (Å²) in [7, 11) is 0. The second-order valence-electron chi connectivity index (χ2n) is 5.17. The molecule has 1 aliphatic heterocycles. The van der Waals surface area contributed by atoms with Crippen LogP contribution in [0, 0.1) is 6.92 Å². The average Bonchev–Trinajstić information content (AvgIpc) is 2.93. The van der Waals surface area contributed by atoms with Crippen LogP contribution >= 0.6 is 11.3 Å². The summed E-state index contributed by atoms with van der Waals surface area (Å²) in [5, 5.41) is 5.46. The van der Waals surface area contributed by atoms with Crippen molar-refractivity contribution in [3.05, 3.63) is 33.6 Å². The lowest BCUT2D eigenvalue weighted by Gasteiger charge is -2.29. The molecule has 0 aromatic carbocycles. The minimum absolute atomic E-state index is 0.739. The van der Waals surface area contributed by atoms with Gasteiger partial charge in [0.05, 0.1) is 0 Å². The molecule has 2 aromatic rings. The van der Waals surface area contributed by atoms with Crippen molar-refractivity contribution >= 4 is 23.1 Å². The van der Waals surface area contributed by atoms with E-state index in [1.807, 2.05) is 17.5 Å². The summed E-state index contributed by atoms with van der Waals surface area (Å²) < 4.78 is 0. The van der Waals surface area contributed by atoms with Crippen LogP contribution in [-0.4, -0.2) is 23.1 Å². The maximum Gasteiger partial charge on any atom is 0.224 e. The Balaban J connectivity index is 1.83. The second kappa shape index (κ2) is 5.79. The molecule has 3 heterocycles. The Labute approximate surface area is 123 Å². The number of hydrogen-bond acceptors (Lipinski definition) is 5.